The number of carbonyl (C=O) groups excluding carboxylic acids is 1. The molecule has 26 heavy (non-hydrogen) atoms. The van der Waals surface area contributed by atoms with Crippen LogP contribution in [0.2, 0.25) is 0 Å². The number of H-pyrrole nitrogens is 1. The maximum absolute atomic E-state index is 12.6. The number of carbonyl (C=O) groups is 1. The van der Waals surface area contributed by atoms with Gasteiger partial charge in [-0.1, -0.05) is 0 Å². The topological polar surface area (TPSA) is 99.2 Å². The first-order chi connectivity index (χ1) is 12.4. The third kappa shape index (κ3) is 4.16. The number of aromatic amines is 1. The number of nitrogens with zero attached hydrogens (tertiary/aromatic N) is 3. The Morgan fingerprint density at radius 2 is 2.04 bits per heavy atom. The first-order valence-corrected chi connectivity index (χ1v) is 8.85. The standard InChI is InChI=1S/C19H24N4O3/c1-12-16(13(2)22-19(26)21-12)3-4-18(25)23-10-15(17(24)11-23)9-14-5-7-20-8-6-14/h5-8,15,17,24H,3-4,9-11H2,1-2H3,(H,21,22,26)/t15-,17-/m1/s1. The second kappa shape index (κ2) is 7.78. The SMILES string of the molecule is Cc1nc(=O)[nH]c(C)c1CCC(=O)N1C[C@@H](Cc2ccncc2)[C@H](O)C1. The molecule has 0 aliphatic carbocycles. The van der Waals surface area contributed by atoms with E-state index in [0.29, 0.717) is 31.6 Å². The first kappa shape index (κ1) is 18.3. The van der Waals surface area contributed by atoms with Gasteiger partial charge in [0.1, 0.15) is 0 Å². The molecular weight excluding hydrogens is 332 g/mol. The van der Waals surface area contributed by atoms with Crippen molar-refractivity contribution in [3.63, 3.8) is 0 Å². The fourth-order valence-electron chi connectivity index (χ4n) is 3.59. The molecule has 7 nitrogen and oxygen atoms in total. The molecule has 1 aliphatic heterocycles. The highest BCUT2D eigenvalue weighted by Crippen LogP contribution is 2.22. The lowest BCUT2D eigenvalue weighted by Gasteiger charge is -2.17. The number of aromatic nitrogens is 3. The normalized spacial score (nSPS) is 19.7. The molecule has 1 aliphatic rings. The Labute approximate surface area is 152 Å². The van der Waals surface area contributed by atoms with Crippen molar-refractivity contribution in [1.29, 1.82) is 0 Å². The monoisotopic (exact) mass is 356 g/mol. The summed E-state index contributed by atoms with van der Waals surface area (Å²) in [7, 11) is 0. The van der Waals surface area contributed by atoms with Gasteiger partial charge in [0, 0.05) is 49.2 Å². The summed E-state index contributed by atoms with van der Waals surface area (Å²) >= 11 is 0. The van der Waals surface area contributed by atoms with Gasteiger partial charge in [-0.05, 0) is 49.9 Å². The highest BCUT2D eigenvalue weighted by atomic mass is 16.3. The van der Waals surface area contributed by atoms with Gasteiger partial charge in [0.2, 0.25) is 5.91 Å². The predicted molar refractivity (Wildman–Crippen MR) is 96.7 cm³/mol. The number of amides is 1. The second-order valence-electron chi connectivity index (χ2n) is 6.92. The Morgan fingerprint density at radius 1 is 1.31 bits per heavy atom. The van der Waals surface area contributed by atoms with Gasteiger partial charge in [-0.3, -0.25) is 9.78 Å². The van der Waals surface area contributed by atoms with Crippen LogP contribution in [0.4, 0.5) is 0 Å². The van der Waals surface area contributed by atoms with E-state index < -0.39 is 6.10 Å². The zero-order valence-corrected chi connectivity index (χ0v) is 15.1. The number of hydrogen-bond acceptors (Lipinski definition) is 5. The molecule has 1 fully saturated rings. The van der Waals surface area contributed by atoms with E-state index in [0.717, 1.165) is 23.2 Å². The van der Waals surface area contributed by atoms with Gasteiger partial charge >= 0.3 is 5.69 Å². The number of nitrogens with one attached hydrogen (secondary N) is 1. The quantitative estimate of drug-likeness (QED) is 0.825. The molecular formula is C19H24N4O3. The molecule has 0 bridgehead atoms. The summed E-state index contributed by atoms with van der Waals surface area (Å²) in [5.74, 6) is 0.0610. The van der Waals surface area contributed by atoms with Gasteiger partial charge in [-0.15, -0.1) is 0 Å². The Bertz CT molecular complexity index is 808. The van der Waals surface area contributed by atoms with Crippen LogP contribution < -0.4 is 5.69 Å². The van der Waals surface area contributed by atoms with E-state index in [1.54, 1.807) is 24.2 Å². The number of aryl methyl sites for hydroxylation is 2. The van der Waals surface area contributed by atoms with Gasteiger partial charge in [0.25, 0.3) is 0 Å². The average molecular weight is 356 g/mol. The van der Waals surface area contributed by atoms with E-state index in [4.69, 9.17) is 0 Å². The Kier molecular flexibility index (Phi) is 5.46. The number of likely N-dealkylation sites (tertiary alicyclic amines) is 1. The molecule has 3 heterocycles. The molecule has 0 saturated carbocycles. The van der Waals surface area contributed by atoms with Crippen LogP contribution in [-0.2, 0) is 17.6 Å². The van der Waals surface area contributed by atoms with Crippen molar-refractivity contribution in [2.45, 2.75) is 39.2 Å². The molecule has 0 radical (unpaired) electrons. The molecule has 2 aromatic rings. The van der Waals surface area contributed by atoms with E-state index >= 15 is 0 Å². The summed E-state index contributed by atoms with van der Waals surface area (Å²) in [4.78, 5) is 36.2. The molecule has 138 valence electrons. The van der Waals surface area contributed by atoms with E-state index in [-0.39, 0.29) is 17.5 Å². The summed E-state index contributed by atoms with van der Waals surface area (Å²) in [5.41, 5.74) is 3.08. The molecule has 7 heteroatoms. The van der Waals surface area contributed by atoms with Crippen molar-refractivity contribution < 1.29 is 9.90 Å². The molecule has 2 N–H and O–H groups in total. The van der Waals surface area contributed by atoms with Crippen molar-refractivity contribution in [2.75, 3.05) is 13.1 Å². The van der Waals surface area contributed by atoms with Gasteiger partial charge in [0.15, 0.2) is 0 Å². The van der Waals surface area contributed by atoms with Crippen molar-refractivity contribution >= 4 is 5.91 Å². The molecule has 0 spiro atoms. The second-order valence-corrected chi connectivity index (χ2v) is 6.92. The van der Waals surface area contributed by atoms with E-state index in [1.807, 2.05) is 19.1 Å². The lowest BCUT2D eigenvalue weighted by molar-refractivity contribution is -0.130. The largest absolute Gasteiger partial charge is 0.391 e. The predicted octanol–water partition coefficient (Wildman–Crippen LogP) is 0.776. The van der Waals surface area contributed by atoms with E-state index in [2.05, 4.69) is 15.0 Å². The molecule has 3 rings (SSSR count). The molecule has 1 saturated heterocycles. The van der Waals surface area contributed by atoms with Crippen molar-refractivity contribution in [3.05, 3.63) is 57.5 Å². The van der Waals surface area contributed by atoms with Gasteiger partial charge in [0.05, 0.1) is 6.10 Å². The number of aliphatic hydroxyl groups excluding tert-OH is 1. The van der Waals surface area contributed by atoms with Crippen LogP contribution >= 0.6 is 0 Å². The molecule has 0 unspecified atom stereocenters. The number of hydrogen-bond donors (Lipinski definition) is 2. The van der Waals surface area contributed by atoms with Crippen LogP contribution in [0.15, 0.2) is 29.3 Å². The fraction of sp³-hybridized carbons (Fsp3) is 0.474. The zero-order valence-electron chi connectivity index (χ0n) is 15.1. The highest BCUT2D eigenvalue weighted by Gasteiger charge is 2.33. The Hall–Kier alpha value is -2.54. The third-order valence-electron chi connectivity index (χ3n) is 5.05. The summed E-state index contributed by atoms with van der Waals surface area (Å²) in [6.45, 7) is 4.53. The summed E-state index contributed by atoms with van der Waals surface area (Å²) in [5, 5.41) is 10.3. The van der Waals surface area contributed by atoms with Crippen LogP contribution in [0.5, 0.6) is 0 Å². The number of β-amino-alcohol motifs (C(OH)–C–C–N with tert-alkyl or cyclic N) is 1. The number of aliphatic hydroxyl groups is 1. The molecule has 2 atom stereocenters. The van der Waals surface area contributed by atoms with E-state index in [9.17, 15) is 14.7 Å². The lowest BCUT2D eigenvalue weighted by Crippen LogP contribution is -2.30. The number of pyridine rings is 1. The van der Waals surface area contributed by atoms with Crippen LogP contribution in [0.1, 0.15) is 28.9 Å². The van der Waals surface area contributed by atoms with Gasteiger partial charge in [-0.2, -0.15) is 4.98 Å². The van der Waals surface area contributed by atoms with Crippen LogP contribution in [-0.4, -0.2) is 50.1 Å². The summed E-state index contributed by atoms with van der Waals surface area (Å²) < 4.78 is 0. The van der Waals surface area contributed by atoms with Crippen molar-refractivity contribution in [2.24, 2.45) is 5.92 Å². The first-order valence-electron chi connectivity index (χ1n) is 8.85. The molecule has 2 aromatic heterocycles. The maximum Gasteiger partial charge on any atom is 0.345 e. The highest BCUT2D eigenvalue weighted by molar-refractivity contribution is 5.77. The van der Waals surface area contributed by atoms with Crippen LogP contribution in [0.3, 0.4) is 0 Å². The Balaban J connectivity index is 1.58. The minimum Gasteiger partial charge on any atom is -0.391 e. The summed E-state index contributed by atoms with van der Waals surface area (Å²) in [6.07, 6.45) is 4.57. The van der Waals surface area contributed by atoms with E-state index in [1.165, 1.54) is 0 Å². The maximum atomic E-state index is 12.6. The molecule has 0 aromatic carbocycles. The fourth-order valence-corrected chi connectivity index (χ4v) is 3.59. The molecule has 1 amide bonds. The van der Waals surface area contributed by atoms with Crippen molar-refractivity contribution in [1.82, 2.24) is 19.9 Å². The van der Waals surface area contributed by atoms with Crippen molar-refractivity contribution in [3.8, 4) is 0 Å². The van der Waals surface area contributed by atoms with Crippen LogP contribution in [0, 0.1) is 19.8 Å². The van der Waals surface area contributed by atoms with Gasteiger partial charge in [-0.25, -0.2) is 4.79 Å². The minimum absolute atomic E-state index is 0.0197. The Morgan fingerprint density at radius 3 is 2.73 bits per heavy atom. The minimum atomic E-state index is -0.509. The average Bonchev–Trinajstić information content (AvgIpc) is 2.95. The zero-order chi connectivity index (χ0) is 18.7. The number of rotatable bonds is 5. The van der Waals surface area contributed by atoms with Gasteiger partial charge < -0.3 is 15.0 Å². The summed E-state index contributed by atoms with van der Waals surface area (Å²) in [6, 6.07) is 3.87. The smallest absolute Gasteiger partial charge is 0.345 e. The van der Waals surface area contributed by atoms with Crippen LogP contribution in [0.25, 0.3) is 0 Å². The lowest BCUT2D eigenvalue weighted by atomic mass is 9.97. The third-order valence-corrected chi connectivity index (χ3v) is 5.05.